The Balaban J connectivity index is 1.84. The fourth-order valence-corrected chi connectivity index (χ4v) is 2.95. The molecular formula is C21H15N4O4-. The second-order valence-electron chi connectivity index (χ2n) is 6.22. The van der Waals surface area contributed by atoms with Crippen molar-refractivity contribution in [1.82, 2.24) is 9.66 Å². The Kier molecular flexibility index (Phi) is 4.78. The molecule has 0 spiro atoms. The maximum absolute atomic E-state index is 13.1. The van der Waals surface area contributed by atoms with Crippen LogP contribution in [0, 0.1) is 5.21 Å². The number of carbonyl (C=O) groups is 1. The molecule has 0 aliphatic rings. The van der Waals surface area contributed by atoms with E-state index in [-0.39, 0.29) is 22.3 Å². The number of hydrogen-bond donors (Lipinski definition) is 2. The molecule has 0 bridgehead atoms. The largest absolute Gasteiger partial charge is 0.733 e. The lowest BCUT2D eigenvalue weighted by molar-refractivity contribution is 0.101. The Labute approximate surface area is 164 Å². The van der Waals surface area contributed by atoms with Gasteiger partial charge in [0.15, 0.2) is 5.82 Å². The molecule has 0 saturated heterocycles. The number of aromatic nitrogens is 2. The summed E-state index contributed by atoms with van der Waals surface area (Å²) in [6.45, 7) is 0. The lowest BCUT2D eigenvalue weighted by Gasteiger charge is -2.22. The maximum Gasteiger partial charge on any atom is 0.280 e. The van der Waals surface area contributed by atoms with Crippen LogP contribution in [-0.4, -0.2) is 20.8 Å². The monoisotopic (exact) mass is 387 g/mol. The fourth-order valence-electron chi connectivity index (χ4n) is 2.95. The van der Waals surface area contributed by atoms with Gasteiger partial charge >= 0.3 is 0 Å². The van der Waals surface area contributed by atoms with Crippen molar-refractivity contribution in [2.24, 2.45) is 0 Å². The highest BCUT2D eigenvalue weighted by molar-refractivity contribution is 6.01. The number of nitrogens with one attached hydrogen (secondary N) is 1. The number of nitrogens with zero attached hydrogens (tertiary/aromatic N) is 3. The fraction of sp³-hybridized carbons (Fsp3) is 0. The van der Waals surface area contributed by atoms with Gasteiger partial charge < -0.3 is 10.4 Å². The molecule has 4 rings (SSSR count). The van der Waals surface area contributed by atoms with Gasteiger partial charge in [0.05, 0.1) is 16.6 Å². The summed E-state index contributed by atoms with van der Waals surface area (Å²) in [5.41, 5.74) is 3.25. The first-order chi connectivity index (χ1) is 14.0. The molecule has 3 aromatic carbocycles. The Bertz CT molecular complexity index is 1250. The van der Waals surface area contributed by atoms with E-state index in [1.165, 1.54) is 24.3 Å². The summed E-state index contributed by atoms with van der Waals surface area (Å²) in [5, 5.41) is 20.2. The van der Waals surface area contributed by atoms with Gasteiger partial charge in [-0.05, 0) is 30.3 Å². The predicted octanol–water partition coefficient (Wildman–Crippen LogP) is 3.14. The van der Waals surface area contributed by atoms with Crippen LogP contribution >= 0.6 is 0 Å². The highest BCUT2D eigenvalue weighted by Gasteiger charge is 2.16. The van der Waals surface area contributed by atoms with Crippen molar-refractivity contribution in [2.75, 3.05) is 10.7 Å². The summed E-state index contributed by atoms with van der Waals surface area (Å²) in [4.78, 5) is 30.4. The minimum absolute atomic E-state index is 0.0940. The minimum Gasteiger partial charge on any atom is -0.733 e. The maximum atomic E-state index is 13.1. The van der Waals surface area contributed by atoms with Gasteiger partial charge in [0.1, 0.15) is 0 Å². The standard InChI is InChI=1S/C21H15N4O4/c26-20(15-9-6-10-16(13-15)25(28)29)23-24-19(14-7-2-1-3-8-14)22-18-12-5-4-11-17(18)21(24)27/h1-13,28H,(H,23,26)/q-1. The van der Waals surface area contributed by atoms with Crippen LogP contribution in [0.3, 0.4) is 0 Å². The number of hydrogen-bond acceptors (Lipinski definition) is 6. The average Bonchev–Trinajstić information content (AvgIpc) is 2.76. The zero-order chi connectivity index (χ0) is 20.4. The Morgan fingerprint density at radius 2 is 1.72 bits per heavy atom. The van der Waals surface area contributed by atoms with Crippen LogP contribution in [0.5, 0.6) is 0 Å². The van der Waals surface area contributed by atoms with Crippen LogP contribution in [0.25, 0.3) is 22.3 Å². The van der Waals surface area contributed by atoms with Gasteiger partial charge in [0, 0.05) is 11.1 Å². The van der Waals surface area contributed by atoms with Crippen molar-refractivity contribution in [3.8, 4) is 11.4 Å². The van der Waals surface area contributed by atoms with Crippen LogP contribution in [0.4, 0.5) is 5.69 Å². The topological polar surface area (TPSA) is 111 Å². The molecule has 144 valence electrons. The van der Waals surface area contributed by atoms with Gasteiger partial charge in [-0.15, -0.1) is 0 Å². The van der Waals surface area contributed by atoms with E-state index >= 15 is 0 Å². The van der Waals surface area contributed by atoms with Crippen LogP contribution < -0.4 is 16.2 Å². The number of benzene rings is 3. The van der Waals surface area contributed by atoms with Gasteiger partial charge in [0.25, 0.3) is 11.5 Å². The molecule has 0 fully saturated rings. The summed E-state index contributed by atoms with van der Waals surface area (Å²) >= 11 is 0. The van der Waals surface area contributed by atoms with Crippen molar-refractivity contribution < 1.29 is 10.0 Å². The summed E-state index contributed by atoms with van der Waals surface area (Å²) in [7, 11) is 0. The quantitative estimate of drug-likeness (QED) is 0.521. The third-order valence-electron chi connectivity index (χ3n) is 4.35. The second kappa shape index (κ2) is 7.55. The Morgan fingerprint density at radius 1 is 1.00 bits per heavy atom. The SMILES string of the molecule is O=C(Nn1c(-c2ccccc2)nc2ccccc2c1=O)c1cccc(N([O-])O)c1. The first kappa shape index (κ1) is 18.4. The van der Waals surface area contributed by atoms with E-state index in [9.17, 15) is 14.8 Å². The van der Waals surface area contributed by atoms with Crippen LogP contribution in [0.1, 0.15) is 10.4 Å². The molecule has 8 heteroatoms. The smallest absolute Gasteiger partial charge is 0.280 e. The second-order valence-corrected chi connectivity index (χ2v) is 6.22. The molecule has 2 N–H and O–H groups in total. The van der Waals surface area contributed by atoms with Crippen molar-refractivity contribution in [1.29, 1.82) is 0 Å². The van der Waals surface area contributed by atoms with Gasteiger partial charge in [-0.25, -0.2) is 4.98 Å². The molecular weight excluding hydrogens is 372 g/mol. The number of carbonyl (C=O) groups excluding carboxylic acids is 1. The van der Waals surface area contributed by atoms with Gasteiger partial charge in [-0.2, -0.15) is 4.68 Å². The number of rotatable bonds is 4. The molecule has 0 aliphatic carbocycles. The summed E-state index contributed by atoms with van der Waals surface area (Å²) in [5.74, 6) is -0.364. The molecule has 4 aromatic rings. The van der Waals surface area contributed by atoms with Crippen molar-refractivity contribution in [3.05, 3.63) is 100.0 Å². The molecule has 1 amide bonds. The molecule has 29 heavy (non-hydrogen) atoms. The molecule has 0 aliphatic heterocycles. The lowest BCUT2D eigenvalue weighted by Crippen LogP contribution is -2.35. The third-order valence-corrected chi connectivity index (χ3v) is 4.35. The highest BCUT2D eigenvalue weighted by Crippen LogP contribution is 2.19. The first-order valence-electron chi connectivity index (χ1n) is 8.69. The first-order valence-corrected chi connectivity index (χ1v) is 8.69. The van der Waals surface area contributed by atoms with Crippen LogP contribution in [0.15, 0.2) is 83.7 Å². The zero-order valence-corrected chi connectivity index (χ0v) is 15.0. The van der Waals surface area contributed by atoms with Crippen molar-refractivity contribution in [3.63, 3.8) is 0 Å². The Morgan fingerprint density at radius 3 is 2.48 bits per heavy atom. The third kappa shape index (κ3) is 3.57. The number of amides is 1. The Hall–Kier alpha value is -4.01. The normalized spacial score (nSPS) is 10.7. The molecule has 0 saturated carbocycles. The van der Waals surface area contributed by atoms with E-state index in [0.717, 1.165) is 4.68 Å². The van der Waals surface area contributed by atoms with E-state index in [0.29, 0.717) is 16.5 Å². The zero-order valence-electron chi connectivity index (χ0n) is 15.0. The van der Waals surface area contributed by atoms with E-state index < -0.39 is 11.5 Å². The number of anilines is 1. The molecule has 0 atom stereocenters. The van der Waals surface area contributed by atoms with E-state index in [4.69, 9.17) is 5.21 Å². The molecule has 0 unspecified atom stereocenters. The van der Waals surface area contributed by atoms with Crippen molar-refractivity contribution >= 4 is 22.5 Å². The van der Waals surface area contributed by atoms with E-state index in [1.807, 2.05) is 6.07 Å². The highest BCUT2D eigenvalue weighted by atomic mass is 16.8. The average molecular weight is 387 g/mol. The molecule has 8 nitrogen and oxygen atoms in total. The number of fused-ring (bicyclic) bond motifs is 1. The van der Waals surface area contributed by atoms with E-state index in [2.05, 4.69) is 10.4 Å². The lowest BCUT2D eigenvalue weighted by atomic mass is 10.2. The summed E-state index contributed by atoms with van der Waals surface area (Å²) < 4.78 is 1.08. The van der Waals surface area contributed by atoms with Gasteiger partial charge in [-0.1, -0.05) is 48.5 Å². The summed E-state index contributed by atoms with van der Waals surface area (Å²) in [6, 6.07) is 21.3. The van der Waals surface area contributed by atoms with Gasteiger partial charge in [-0.3, -0.25) is 20.2 Å². The van der Waals surface area contributed by atoms with Crippen molar-refractivity contribution in [2.45, 2.75) is 0 Å². The molecule has 0 radical (unpaired) electrons. The summed E-state index contributed by atoms with van der Waals surface area (Å²) in [6.07, 6.45) is 0. The molecule has 1 aromatic heterocycles. The predicted molar refractivity (Wildman–Crippen MR) is 109 cm³/mol. The van der Waals surface area contributed by atoms with Gasteiger partial charge in [0.2, 0.25) is 0 Å². The minimum atomic E-state index is -0.634. The van der Waals surface area contributed by atoms with Crippen LogP contribution in [0.2, 0.25) is 0 Å². The van der Waals surface area contributed by atoms with Crippen LogP contribution in [-0.2, 0) is 0 Å². The molecule has 1 heterocycles. The van der Waals surface area contributed by atoms with E-state index in [1.54, 1.807) is 48.5 Å². The number of para-hydroxylation sites is 1.